The third-order valence-electron chi connectivity index (χ3n) is 2.46. The van der Waals surface area contributed by atoms with E-state index in [1.54, 1.807) is 6.92 Å². The molecule has 6 heteroatoms. The largest absolute Gasteiger partial charge is 0.491 e. The predicted molar refractivity (Wildman–Crippen MR) is 70.6 cm³/mol. The highest BCUT2D eigenvalue weighted by Gasteiger charge is 2.20. The number of carbonyl (C=O) groups excluding carboxylic acids is 1. The molecule has 0 aliphatic rings. The Morgan fingerprint density at radius 3 is 2.45 bits per heavy atom. The van der Waals surface area contributed by atoms with Crippen molar-refractivity contribution in [1.82, 2.24) is 5.32 Å². The molecule has 1 aromatic carbocycles. The molecule has 0 radical (unpaired) electrons. The van der Waals surface area contributed by atoms with Gasteiger partial charge in [-0.3, -0.25) is 4.79 Å². The van der Waals surface area contributed by atoms with E-state index >= 15 is 0 Å². The lowest BCUT2D eigenvalue weighted by molar-refractivity contribution is -0.146. The molecule has 0 spiro atoms. The molecule has 112 valence electrons. The van der Waals surface area contributed by atoms with Gasteiger partial charge in [-0.25, -0.2) is 8.78 Å². The van der Waals surface area contributed by atoms with Crippen molar-refractivity contribution in [3.8, 4) is 5.75 Å². The van der Waals surface area contributed by atoms with Gasteiger partial charge >= 0.3 is 5.97 Å². The molecule has 0 aromatic heterocycles. The minimum Gasteiger partial charge on any atom is -0.491 e. The van der Waals surface area contributed by atoms with Crippen LogP contribution in [0.5, 0.6) is 5.75 Å². The van der Waals surface area contributed by atoms with E-state index in [1.807, 2.05) is 6.92 Å². The van der Waals surface area contributed by atoms with E-state index in [0.717, 1.165) is 24.6 Å². The van der Waals surface area contributed by atoms with Crippen LogP contribution >= 0.6 is 0 Å². The molecular weight excluding hydrogens is 268 g/mol. The van der Waals surface area contributed by atoms with Crippen LogP contribution in [-0.2, 0) is 9.53 Å². The maximum atomic E-state index is 13.0. The summed E-state index contributed by atoms with van der Waals surface area (Å²) >= 11 is 0. The summed E-state index contributed by atoms with van der Waals surface area (Å²) in [7, 11) is 0. The summed E-state index contributed by atoms with van der Waals surface area (Å²) in [6, 6.07) is 2.21. The fourth-order valence-corrected chi connectivity index (χ4v) is 1.56. The second-order valence-electron chi connectivity index (χ2n) is 4.17. The van der Waals surface area contributed by atoms with Crippen LogP contribution in [0, 0.1) is 11.6 Å². The van der Waals surface area contributed by atoms with Gasteiger partial charge in [0.25, 0.3) is 0 Å². The Morgan fingerprint density at radius 1 is 1.25 bits per heavy atom. The van der Waals surface area contributed by atoms with Gasteiger partial charge in [0.15, 0.2) is 0 Å². The van der Waals surface area contributed by atoms with Gasteiger partial charge in [-0.1, -0.05) is 6.92 Å². The van der Waals surface area contributed by atoms with Gasteiger partial charge in [0.1, 0.15) is 30.0 Å². The van der Waals surface area contributed by atoms with Crippen LogP contribution < -0.4 is 10.1 Å². The number of rotatable bonds is 8. The van der Waals surface area contributed by atoms with Gasteiger partial charge < -0.3 is 14.8 Å². The van der Waals surface area contributed by atoms with Crippen molar-refractivity contribution in [2.24, 2.45) is 0 Å². The molecular formula is C14H19F2NO3. The second kappa shape index (κ2) is 8.47. The minimum absolute atomic E-state index is 0.0371. The predicted octanol–water partition coefficient (Wildman–Crippen LogP) is 2.27. The van der Waals surface area contributed by atoms with Crippen molar-refractivity contribution >= 4 is 5.97 Å². The van der Waals surface area contributed by atoms with E-state index in [2.05, 4.69) is 5.32 Å². The monoisotopic (exact) mass is 287 g/mol. The van der Waals surface area contributed by atoms with Crippen LogP contribution in [0.25, 0.3) is 0 Å². The highest BCUT2D eigenvalue weighted by Crippen LogP contribution is 2.15. The molecule has 1 unspecified atom stereocenters. The number of ether oxygens (including phenoxy) is 2. The maximum absolute atomic E-state index is 13.0. The van der Waals surface area contributed by atoms with Crippen molar-refractivity contribution in [2.75, 3.05) is 19.8 Å². The number of benzene rings is 1. The number of hydrogen-bond donors (Lipinski definition) is 1. The number of halogens is 2. The number of carbonyl (C=O) groups is 1. The molecule has 0 amide bonds. The van der Waals surface area contributed by atoms with Crippen LogP contribution in [0.15, 0.2) is 18.2 Å². The van der Waals surface area contributed by atoms with Crippen LogP contribution in [0.1, 0.15) is 20.3 Å². The molecule has 1 N–H and O–H groups in total. The van der Waals surface area contributed by atoms with Crippen molar-refractivity contribution in [3.05, 3.63) is 29.8 Å². The lowest BCUT2D eigenvalue weighted by Crippen LogP contribution is -2.43. The first-order valence-corrected chi connectivity index (χ1v) is 6.55. The van der Waals surface area contributed by atoms with Crippen molar-refractivity contribution in [3.63, 3.8) is 0 Å². The molecule has 0 saturated carbocycles. The molecule has 0 aliphatic heterocycles. The Kier molecular flexibility index (Phi) is 6.93. The van der Waals surface area contributed by atoms with Crippen LogP contribution in [0.2, 0.25) is 0 Å². The topological polar surface area (TPSA) is 47.6 Å². The Balaban J connectivity index is 2.62. The van der Waals surface area contributed by atoms with E-state index in [9.17, 15) is 13.6 Å². The van der Waals surface area contributed by atoms with Crippen molar-refractivity contribution < 1.29 is 23.0 Å². The standard InChI is InChI=1S/C14H19F2NO3/c1-3-5-17-13(14(18)19-4-2)9-20-12-7-10(15)6-11(16)8-12/h6-8,13,17H,3-5,9H2,1-2H3. The Bertz CT molecular complexity index is 420. The third-order valence-corrected chi connectivity index (χ3v) is 2.46. The quantitative estimate of drug-likeness (QED) is 0.745. The molecule has 0 heterocycles. The Labute approximate surface area is 117 Å². The fraction of sp³-hybridized carbons (Fsp3) is 0.500. The second-order valence-corrected chi connectivity index (χ2v) is 4.17. The highest BCUT2D eigenvalue weighted by atomic mass is 19.1. The summed E-state index contributed by atoms with van der Waals surface area (Å²) < 4.78 is 36.2. The lowest BCUT2D eigenvalue weighted by atomic mass is 10.3. The number of esters is 1. The maximum Gasteiger partial charge on any atom is 0.326 e. The number of hydrogen-bond acceptors (Lipinski definition) is 4. The molecule has 1 atom stereocenters. The summed E-state index contributed by atoms with van der Waals surface area (Å²) in [6.07, 6.45) is 0.838. The van der Waals surface area contributed by atoms with E-state index in [1.165, 1.54) is 0 Å². The van der Waals surface area contributed by atoms with E-state index in [4.69, 9.17) is 9.47 Å². The molecule has 1 aromatic rings. The van der Waals surface area contributed by atoms with Crippen LogP contribution in [-0.4, -0.2) is 31.8 Å². The first-order valence-electron chi connectivity index (χ1n) is 6.55. The van der Waals surface area contributed by atoms with Crippen molar-refractivity contribution in [2.45, 2.75) is 26.3 Å². The summed E-state index contributed by atoms with van der Waals surface area (Å²) in [5.41, 5.74) is 0. The summed E-state index contributed by atoms with van der Waals surface area (Å²) in [5.74, 6) is -1.86. The minimum atomic E-state index is -0.728. The van der Waals surface area contributed by atoms with Gasteiger partial charge in [-0.15, -0.1) is 0 Å². The molecule has 20 heavy (non-hydrogen) atoms. The van der Waals surface area contributed by atoms with Gasteiger partial charge in [0, 0.05) is 18.2 Å². The molecule has 0 fully saturated rings. The summed E-state index contributed by atoms with van der Waals surface area (Å²) in [6.45, 7) is 4.49. The lowest BCUT2D eigenvalue weighted by Gasteiger charge is -2.17. The normalized spacial score (nSPS) is 12.0. The summed E-state index contributed by atoms with van der Waals surface area (Å²) in [4.78, 5) is 11.7. The third kappa shape index (κ3) is 5.52. The van der Waals surface area contributed by atoms with Gasteiger partial charge in [0.2, 0.25) is 0 Å². The molecule has 1 rings (SSSR count). The zero-order valence-electron chi connectivity index (χ0n) is 11.6. The zero-order valence-corrected chi connectivity index (χ0v) is 11.6. The average Bonchev–Trinajstić information content (AvgIpc) is 2.38. The van der Waals surface area contributed by atoms with Crippen molar-refractivity contribution in [1.29, 1.82) is 0 Å². The molecule has 0 aliphatic carbocycles. The van der Waals surface area contributed by atoms with Gasteiger partial charge in [-0.05, 0) is 19.9 Å². The Morgan fingerprint density at radius 2 is 1.90 bits per heavy atom. The highest BCUT2D eigenvalue weighted by molar-refractivity contribution is 5.76. The average molecular weight is 287 g/mol. The SMILES string of the molecule is CCCNC(COc1cc(F)cc(F)c1)C(=O)OCC. The fourth-order valence-electron chi connectivity index (χ4n) is 1.56. The van der Waals surface area contributed by atoms with E-state index in [-0.39, 0.29) is 19.0 Å². The van der Waals surface area contributed by atoms with E-state index < -0.39 is 23.6 Å². The molecule has 0 saturated heterocycles. The molecule has 4 nitrogen and oxygen atoms in total. The number of nitrogens with one attached hydrogen (secondary N) is 1. The summed E-state index contributed by atoms with van der Waals surface area (Å²) in [5, 5.41) is 2.97. The smallest absolute Gasteiger partial charge is 0.326 e. The first kappa shape index (κ1) is 16.4. The van der Waals surface area contributed by atoms with Crippen LogP contribution in [0.3, 0.4) is 0 Å². The first-order chi connectivity index (χ1) is 9.56. The van der Waals surface area contributed by atoms with Gasteiger partial charge in [-0.2, -0.15) is 0 Å². The zero-order chi connectivity index (χ0) is 15.0. The van der Waals surface area contributed by atoms with Gasteiger partial charge in [0.05, 0.1) is 6.61 Å². The Hall–Kier alpha value is -1.69. The van der Waals surface area contributed by atoms with Crippen LogP contribution in [0.4, 0.5) is 8.78 Å². The molecule has 0 bridgehead atoms. The van der Waals surface area contributed by atoms with E-state index in [0.29, 0.717) is 6.54 Å².